The lowest BCUT2D eigenvalue weighted by molar-refractivity contribution is -0.159. The average molecular weight is 202 g/mol. The van der Waals surface area contributed by atoms with Crippen LogP contribution in [0.5, 0.6) is 0 Å². The molecule has 4 heteroatoms. The Kier molecular flexibility index (Phi) is 6.12. The molecule has 0 radical (unpaired) electrons. The van der Waals surface area contributed by atoms with E-state index in [2.05, 4.69) is 0 Å². The Hall–Kier alpha value is -0.900. The van der Waals surface area contributed by atoms with Gasteiger partial charge < -0.3 is 9.47 Å². The van der Waals surface area contributed by atoms with Gasteiger partial charge in [-0.15, -0.1) is 0 Å². The van der Waals surface area contributed by atoms with Crippen LogP contribution < -0.4 is 0 Å². The molecule has 0 aromatic carbocycles. The summed E-state index contributed by atoms with van der Waals surface area (Å²) in [5.74, 6) is -0.606. The van der Waals surface area contributed by atoms with Crippen molar-refractivity contribution in [3.8, 4) is 0 Å². The smallest absolute Gasteiger partial charge is 0.309 e. The van der Waals surface area contributed by atoms with Crippen LogP contribution in [0.1, 0.15) is 27.7 Å². The zero-order chi connectivity index (χ0) is 11.1. The highest BCUT2D eigenvalue weighted by molar-refractivity contribution is 5.74. The largest absolute Gasteiger partial charge is 0.452 e. The fraction of sp³-hybridized carbons (Fsp3) is 0.800. The van der Waals surface area contributed by atoms with Crippen LogP contribution in [0, 0.1) is 5.92 Å². The summed E-state index contributed by atoms with van der Waals surface area (Å²) >= 11 is 0. The van der Waals surface area contributed by atoms with Gasteiger partial charge in [-0.2, -0.15) is 0 Å². The number of aldehydes is 1. The molecule has 1 atom stereocenters. The SMILES string of the molecule is CC(C)OC[C@@H](C=O)OC(=O)C(C)C. The van der Waals surface area contributed by atoms with Crippen LogP contribution in [-0.2, 0) is 19.1 Å². The van der Waals surface area contributed by atoms with Gasteiger partial charge in [-0.3, -0.25) is 9.59 Å². The third kappa shape index (κ3) is 5.70. The number of rotatable bonds is 6. The second kappa shape index (κ2) is 6.54. The predicted molar refractivity (Wildman–Crippen MR) is 51.9 cm³/mol. The quantitative estimate of drug-likeness (QED) is 0.479. The normalized spacial score (nSPS) is 13.0. The lowest BCUT2D eigenvalue weighted by Gasteiger charge is -2.15. The molecule has 0 fully saturated rings. The lowest BCUT2D eigenvalue weighted by atomic mass is 10.2. The maximum Gasteiger partial charge on any atom is 0.309 e. The highest BCUT2D eigenvalue weighted by Gasteiger charge is 2.16. The van der Waals surface area contributed by atoms with Crippen molar-refractivity contribution in [2.75, 3.05) is 6.61 Å². The van der Waals surface area contributed by atoms with Crippen molar-refractivity contribution in [2.45, 2.75) is 39.9 Å². The van der Waals surface area contributed by atoms with Crippen LogP contribution in [0.15, 0.2) is 0 Å². The molecule has 82 valence electrons. The molecule has 0 saturated carbocycles. The lowest BCUT2D eigenvalue weighted by Crippen LogP contribution is -2.28. The first-order valence-electron chi connectivity index (χ1n) is 4.74. The summed E-state index contributed by atoms with van der Waals surface area (Å²) in [6, 6.07) is 0. The minimum absolute atomic E-state index is 0.0233. The molecule has 0 heterocycles. The molecule has 0 spiro atoms. The maximum absolute atomic E-state index is 11.1. The third-order valence-corrected chi connectivity index (χ3v) is 1.48. The summed E-state index contributed by atoms with van der Waals surface area (Å²) in [7, 11) is 0. The molecule has 4 nitrogen and oxygen atoms in total. The van der Waals surface area contributed by atoms with Gasteiger partial charge in [0.2, 0.25) is 0 Å². The maximum atomic E-state index is 11.1. The summed E-state index contributed by atoms with van der Waals surface area (Å²) in [4.78, 5) is 21.6. The van der Waals surface area contributed by atoms with Crippen molar-refractivity contribution in [1.29, 1.82) is 0 Å². The van der Waals surface area contributed by atoms with Crippen LogP contribution in [0.25, 0.3) is 0 Å². The minimum Gasteiger partial charge on any atom is -0.452 e. The van der Waals surface area contributed by atoms with Crippen molar-refractivity contribution in [1.82, 2.24) is 0 Å². The number of carbonyl (C=O) groups excluding carboxylic acids is 2. The molecule has 14 heavy (non-hydrogen) atoms. The van der Waals surface area contributed by atoms with E-state index in [4.69, 9.17) is 9.47 Å². The molecule has 0 aliphatic heterocycles. The van der Waals surface area contributed by atoms with E-state index in [-0.39, 0.29) is 24.6 Å². The van der Waals surface area contributed by atoms with Crippen molar-refractivity contribution in [3.63, 3.8) is 0 Å². The van der Waals surface area contributed by atoms with Crippen LogP contribution in [0.4, 0.5) is 0 Å². The van der Waals surface area contributed by atoms with Crippen LogP contribution >= 0.6 is 0 Å². The van der Waals surface area contributed by atoms with Gasteiger partial charge >= 0.3 is 5.97 Å². The molecular formula is C10H18O4. The highest BCUT2D eigenvalue weighted by Crippen LogP contribution is 2.01. The second-order valence-electron chi connectivity index (χ2n) is 3.65. The fourth-order valence-electron chi connectivity index (χ4n) is 0.674. The Morgan fingerprint density at radius 1 is 1.29 bits per heavy atom. The van der Waals surface area contributed by atoms with Crippen LogP contribution in [0.2, 0.25) is 0 Å². The number of hydrogen-bond donors (Lipinski definition) is 0. The molecule has 0 aromatic heterocycles. The van der Waals surface area contributed by atoms with Crippen molar-refractivity contribution >= 4 is 12.3 Å². The van der Waals surface area contributed by atoms with Gasteiger partial charge in [0.05, 0.1) is 18.6 Å². The van der Waals surface area contributed by atoms with E-state index in [1.54, 1.807) is 13.8 Å². The number of ether oxygens (including phenoxy) is 2. The molecule has 0 unspecified atom stereocenters. The molecule has 0 amide bonds. The van der Waals surface area contributed by atoms with Gasteiger partial charge in [0.1, 0.15) is 0 Å². The molecule has 0 saturated heterocycles. The van der Waals surface area contributed by atoms with E-state index in [1.165, 1.54) is 0 Å². The highest BCUT2D eigenvalue weighted by atomic mass is 16.6. The van der Waals surface area contributed by atoms with Crippen molar-refractivity contribution in [3.05, 3.63) is 0 Å². The topological polar surface area (TPSA) is 52.6 Å². The standard InChI is InChI=1S/C10H18O4/c1-7(2)10(12)14-9(5-11)6-13-8(3)4/h5,7-9H,6H2,1-4H3/t9-/m1/s1. The van der Waals surface area contributed by atoms with Crippen molar-refractivity contribution < 1.29 is 19.1 Å². The Labute approximate surface area is 84.6 Å². The molecule has 0 aliphatic rings. The van der Waals surface area contributed by atoms with E-state index < -0.39 is 6.10 Å². The predicted octanol–water partition coefficient (Wildman–Crippen LogP) is 1.18. The van der Waals surface area contributed by atoms with Gasteiger partial charge in [0.25, 0.3) is 0 Å². The number of hydrogen-bond acceptors (Lipinski definition) is 4. The van der Waals surface area contributed by atoms with E-state index >= 15 is 0 Å². The molecular weight excluding hydrogens is 184 g/mol. The molecule has 0 rings (SSSR count). The summed E-state index contributed by atoms with van der Waals surface area (Å²) < 4.78 is 10.0. The van der Waals surface area contributed by atoms with E-state index in [1.807, 2.05) is 13.8 Å². The van der Waals surface area contributed by atoms with E-state index in [0.29, 0.717) is 6.29 Å². The van der Waals surface area contributed by atoms with Crippen molar-refractivity contribution in [2.24, 2.45) is 5.92 Å². The van der Waals surface area contributed by atoms with Crippen LogP contribution in [-0.4, -0.2) is 31.1 Å². The van der Waals surface area contributed by atoms with Gasteiger partial charge in [0.15, 0.2) is 12.4 Å². The second-order valence-corrected chi connectivity index (χ2v) is 3.65. The Bertz CT molecular complexity index is 187. The molecule has 0 aromatic rings. The number of carbonyl (C=O) groups is 2. The first-order chi connectivity index (χ1) is 6.47. The van der Waals surface area contributed by atoms with Crippen LogP contribution in [0.3, 0.4) is 0 Å². The Balaban J connectivity index is 3.90. The summed E-state index contributed by atoms with van der Waals surface area (Å²) in [6.07, 6.45) is -0.176. The number of esters is 1. The summed E-state index contributed by atoms with van der Waals surface area (Å²) in [6.45, 7) is 7.26. The molecule has 0 bridgehead atoms. The monoisotopic (exact) mass is 202 g/mol. The fourth-order valence-corrected chi connectivity index (χ4v) is 0.674. The van der Waals surface area contributed by atoms with E-state index in [9.17, 15) is 9.59 Å². The first kappa shape index (κ1) is 13.1. The first-order valence-corrected chi connectivity index (χ1v) is 4.74. The van der Waals surface area contributed by atoms with Gasteiger partial charge in [-0.1, -0.05) is 13.8 Å². The zero-order valence-electron chi connectivity index (χ0n) is 9.15. The average Bonchev–Trinajstić information content (AvgIpc) is 2.11. The van der Waals surface area contributed by atoms with Gasteiger partial charge in [-0.25, -0.2) is 0 Å². The summed E-state index contributed by atoms with van der Waals surface area (Å²) in [5, 5.41) is 0. The van der Waals surface area contributed by atoms with E-state index in [0.717, 1.165) is 0 Å². The zero-order valence-corrected chi connectivity index (χ0v) is 9.15. The van der Waals surface area contributed by atoms with Gasteiger partial charge in [-0.05, 0) is 13.8 Å². The third-order valence-electron chi connectivity index (χ3n) is 1.48. The minimum atomic E-state index is -0.785. The summed E-state index contributed by atoms with van der Waals surface area (Å²) in [5.41, 5.74) is 0. The van der Waals surface area contributed by atoms with Gasteiger partial charge in [0, 0.05) is 0 Å². The molecule has 0 aliphatic carbocycles. The molecule has 0 N–H and O–H groups in total. The Morgan fingerprint density at radius 2 is 1.86 bits per heavy atom. The Morgan fingerprint density at radius 3 is 2.21 bits per heavy atom.